The van der Waals surface area contributed by atoms with E-state index in [1.165, 1.54) is 5.56 Å². The molecule has 0 radical (unpaired) electrons. The molecule has 0 saturated carbocycles. The van der Waals surface area contributed by atoms with Gasteiger partial charge in [-0.25, -0.2) is 0 Å². The van der Waals surface area contributed by atoms with E-state index in [0.29, 0.717) is 5.69 Å². The number of rotatable bonds is 6. The fourth-order valence-electron chi connectivity index (χ4n) is 3.65. The van der Waals surface area contributed by atoms with Crippen LogP contribution in [-0.4, -0.2) is 57.0 Å². The number of H-pyrrole nitrogens is 1. The highest BCUT2D eigenvalue weighted by Gasteiger charge is 2.16. The Labute approximate surface area is 179 Å². The standard InChI is InChI=1S/C22H23N7O2/c30-22(25-18-3-1-16(2-4-18)15-28-9-11-31-12-10-28)21-19(13-24-26-21)27-29-8-6-17-5-7-23-14-20(17)29/h1-8,13-14,27H,9-12,15H2,(H,24,26)(H,25,30). The number of aromatic amines is 1. The lowest BCUT2D eigenvalue weighted by Crippen LogP contribution is -2.35. The molecule has 0 spiro atoms. The van der Waals surface area contributed by atoms with E-state index >= 15 is 0 Å². The maximum Gasteiger partial charge on any atom is 0.278 e. The van der Waals surface area contributed by atoms with Crippen LogP contribution in [-0.2, 0) is 11.3 Å². The van der Waals surface area contributed by atoms with Crippen molar-refractivity contribution in [3.8, 4) is 0 Å². The summed E-state index contributed by atoms with van der Waals surface area (Å²) in [7, 11) is 0. The van der Waals surface area contributed by atoms with Crippen molar-refractivity contribution in [3.63, 3.8) is 0 Å². The zero-order valence-corrected chi connectivity index (χ0v) is 16.9. The van der Waals surface area contributed by atoms with Crippen LogP contribution < -0.4 is 10.7 Å². The fraction of sp³-hybridized carbons (Fsp3) is 0.227. The van der Waals surface area contributed by atoms with Crippen LogP contribution in [0, 0.1) is 0 Å². The number of ether oxygens (including phenoxy) is 1. The predicted molar refractivity (Wildman–Crippen MR) is 118 cm³/mol. The highest BCUT2D eigenvalue weighted by atomic mass is 16.5. The van der Waals surface area contributed by atoms with Crippen molar-refractivity contribution in [2.75, 3.05) is 37.0 Å². The molecule has 1 fully saturated rings. The van der Waals surface area contributed by atoms with Crippen molar-refractivity contribution in [2.24, 2.45) is 0 Å². The summed E-state index contributed by atoms with van der Waals surface area (Å²) in [5.74, 6) is -0.292. The average Bonchev–Trinajstić information content (AvgIpc) is 3.44. The molecular weight excluding hydrogens is 394 g/mol. The zero-order valence-electron chi connectivity index (χ0n) is 16.9. The van der Waals surface area contributed by atoms with Gasteiger partial charge in [-0.1, -0.05) is 12.1 Å². The third-order valence-corrected chi connectivity index (χ3v) is 5.31. The lowest BCUT2D eigenvalue weighted by molar-refractivity contribution is 0.0342. The van der Waals surface area contributed by atoms with E-state index in [0.717, 1.165) is 49.4 Å². The van der Waals surface area contributed by atoms with Gasteiger partial charge in [-0.05, 0) is 29.8 Å². The van der Waals surface area contributed by atoms with E-state index in [2.05, 4.69) is 30.8 Å². The first-order valence-corrected chi connectivity index (χ1v) is 10.2. The molecule has 4 heterocycles. The normalized spacial score (nSPS) is 14.6. The number of fused-ring (bicyclic) bond motifs is 1. The minimum Gasteiger partial charge on any atom is -0.379 e. The molecule has 31 heavy (non-hydrogen) atoms. The number of hydrogen-bond acceptors (Lipinski definition) is 6. The zero-order chi connectivity index (χ0) is 21.0. The molecule has 0 aliphatic carbocycles. The number of carbonyl (C=O) groups is 1. The van der Waals surface area contributed by atoms with Gasteiger partial charge in [0.1, 0.15) is 5.69 Å². The van der Waals surface area contributed by atoms with Crippen LogP contribution in [0.3, 0.4) is 0 Å². The Balaban J connectivity index is 1.25. The third-order valence-electron chi connectivity index (χ3n) is 5.31. The Hall–Kier alpha value is -3.69. The summed E-state index contributed by atoms with van der Waals surface area (Å²) in [6, 6.07) is 11.8. The number of anilines is 2. The molecule has 9 heteroatoms. The van der Waals surface area contributed by atoms with Crippen LogP contribution in [0.4, 0.5) is 11.4 Å². The van der Waals surface area contributed by atoms with Gasteiger partial charge in [-0.3, -0.25) is 29.9 Å². The molecule has 158 valence electrons. The summed E-state index contributed by atoms with van der Waals surface area (Å²) >= 11 is 0. The van der Waals surface area contributed by atoms with Gasteiger partial charge >= 0.3 is 0 Å². The number of hydrogen-bond donors (Lipinski definition) is 3. The van der Waals surface area contributed by atoms with Gasteiger partial charge in [-0.15, -0.1) is 0 Å². The molecule has 1 aliphatic heterocycles. The number of amides is 1. The first kappa shape index (κ1) is 19.3. The number of aromatic nitrogens is 4. The third kappa shape index (κ3) is 4.27. The molecule has 0 unspecified atom stereocenters. The second-order valence-corrected chi connectivity index (χ2v) is 7.42. The maximum atomic E-state index is 12.8. The van der Waals surface area contributed by atoms with Gasteiger partial charge in [0.05, 0.1) is 24.9 Å². The Morgan fingerprint density at radius 1 is 1.13 bits per heavy atom. The second-order valence-electron chi connectivity index (χ2n) is 7.42. The van der Waals surface area contributed by atoms with Gasteiger partial charge in [0.25, 0.3) is 5.91 Å². The summed E-state index contributed by atoms with van der Waals surface area (Å²) < 4.78 is 7.20. The summed E-state index contributed by atoms with van der Waals surface area (Å²) in [5, 5.41) is 10.8. The van der Waals surface area contributed by atoms with E-state index in [1.54, 1.807) is 18.6 Å². The van der Waals surface area contributed by atoms with Crippen molar-refractivity contribution in [1.29, 1.82) is 0 Å². The molecule has 0 bridgehead atoms. The van der Waals surface area contributed by atoms with Gasteiger partial charge in [0.2, 0.25) is 0 Å². The predicted octanol–water partition coefficient (Wildman–Crippen LogP) is 2.72. The topological polar surface area (TPSA) is 100 Å². The molecule has 4 aromatic rings. The maximum absolute atomic E-state index is 12.8. The summed E-state index contributed by atoms with van der Waals surface area (Å²) in [6.07, 6.45) is 7.05. The molecule has 0 atom stereocenters. The first-order valence-electron chi connectivity index (χ1n) is 10.2. The monoisotopic (exact) mass is 417 g/mol. The number of benzene rings is 1. The Kier molecular flexibility index (Phi) is 5.34. The SMILES string of the molecule is O=C(Nc1ccc(CN2CCOCC2)cc1)c1n[nH]cc1Nn1ccc2ccncc21. The second kappa shape index (κ2) is 8.58. The molecule has 3 aromatic heterocycles. The molecular formula is C22H23N7O2. The molecule has 1 saturated heterocycles. The smallest absolute Gasteiger partial charge is 0.278 e. The molecule has 5 rings (SSSR count). The molecule has 3 N–H and O–H groups in total. The van der Waals surface area contributed by atoms with Crippen LogP contribution in [0.5, 0.6) is 0 Å². The lowest BCUT2D eigenvalue weighted by Gasteiger charge is -2.26. The van der Waals surface area contributed by atoms with Gasteiger partial charge in [0.15, 0.2) is 5.69 Å². The van der Waals surface area contributed by atoms with Crippen LogP contribution in [0.15, 0.2) is 61.2 Å². The molecule has 1 aliphatic rings. The molecule has 9 nitrogen and oxygen atoms in total. The van der Waals surface area contributed by atoms with E-state index in [1.807, 2.05) is 47.3 Å². The number of nitrogens with one attached hydrogen (secondary N) is 3. The number of nitrogens with zero attached hydrogens (tertiary/aromatic N) is 4. The Morgan fingerprint density at radius 3 is 2.81 bits per heavy atom. The minimum atomic E-state index is -0.292. The summed E-state index contributed by atoms with van der Waals surface area (Å²) in [4.78, 5) is 19.3. The van der Waals surface area contributed by atoms with Crippen LogP contribution in [0.2, 0.25) is 0 Å². The van der Waals surface area contributed by atoms with E-state index in [-0.39, 0.29) is 11.6 Å². The summed E-state index contributed by atoms with van der Waals surface area (Å²) in [5.41, 5.74) is 6.89. The Bertz CT molecular complexity index is 1180. The van der Waals surface area contributed by atoms with Crippen molar-refractivity contribution in [1.82, 2.24) is 24.8 Å². The largest absolute Gasteiger partial charge is 0.379 e. The van der Waals surface area contributed by atoms with Gasteiger partial charge in [0, 0.05) is 49.3 Å². The molecule has 1 aromatic carbocycles. The first-order chi connectivity index (χ1) is 15.3. The summed E-state index contributed by atoms with van der Waals surface area (Å²) in [6.45, 7) is 4.33. The van der Waals surface area contributed by atoms with Gasteiger partial charge < -0.3 is 10.1 Å². The van der Waals surface area contributed by atoms with E-state index < -0.39 is 0 Å². The average molecular weight is 417 g/mol. The van der Waals surface area contributed by atoms with Crippen molar-refractivity contribution >= 4 is 28.2 Å². The van der Waals surface area contributed by atoms with Crippen LogP contribution >= 0.6 is 0 Å². The van der Waals surface area contributed by atoms with Gasteiger partial charge in [-0.2, -0.15) is 5.10 Å². The number of carbonyl (C=O) groups excluding carboxylic acids is 1. The van der Waals surface area contributed by atoms with Crippen molar-refractivity contribution in [2.45, 2.75) is 6.54 Å². The fourth-order valence-corrected chi connectivity index (χ4v) is 3.65. The van der Waals surface area contributed by atoms with Crippen LogP contribution in [0.1, 0.15) is 16.1 Å². The highest BCUT2D eigenvalue weighted by molar-refractivity contribution is 6.06. The quantitative estimate of drug-likeness (QED) is 0.446. The van der Waals surface area contributed by atoms with Crippen molar-refractivity contribution in [3.05, 3.63) is 72.4 Å². The lowest BCUT2D eigenvalue weighted by atomic mass is 10.2. The number of morpholine rings is 1. The van der Waals surface area contributed by atoms with E-state index in [9.17, 15) is 4.79 Å². The minimum absolute atomic E-state index is 0.281. The van der Waals surface area contributed by atoms with Crippen LogP contribution in [0.25, 0.3) is 10.9 Å². The molecule has 1 amide bonds. The van der Waals surface area contributed by atoms with E-state index in [4.69, 9.17) is 4.74 Å². The highest BCUT2D eigenvalue weighted by Crippen LogP contribution is 2.19. The van der Waals surface area contributed by atoms with Crippen molar-refractivity contribution < 1.29 is 9.53 Å². The Morgan fingerprint density at radius 2 is 1.97 bits per heavy atom. The number of pyridine rings is 1.